The molecule has 0 fully saturated rings. The van der Waals surface area contributed by atoms with Crippen molar-refractivity contribution >= 4 is 11.7 Å². The summed E-state index contributed by atoms with van der Waals surface area (Å²) in [5.41, 5.74) is 3.93. The first-order valence-electron chi connectivity index (χ1n) is 9.36. The van der Waals surface area contributed by atoms with E-state index < -0.39 is 0 Å². The van der Waals surface area contributed by atoms with Crippen molar-refractivity contribution in [2.45, 2.75) is 25.7 Å². The molecule has 1 aliphatic carbocycles. The number of aromatic nitrogens is 2. The Bertz CT molecular complexity index is 1020. The Morgan fingerprint density at radius 3 is 2.50 bits per heavy atom. The molecule has 140 valence electrons. The number of benzene rings is 2. The monoisotopic (exact) mass is 371 g/mol. The van der Waals surface area contributed by atoms with Crippen molar-refractivity contribution in [3.63, 3.8) is 0 Å². The van der Waals surface area contributed by atoms with Crippen LogP contribution in [0.3, 0.4) is 0 Å². The van der Waals surface area contributed by atoms with E-state index >= 15 is 0 Å². The van der Waals surface area contributed by atoms with Crippen LogP contribution in [0.15, 0.2) is 64.6 Å². The molecule has 5 nitrogen and oxygen atoms in total. The van der Waals surface area contributed by atoms with E-state index in [1.54, 1.807) is 7.11 Å². The van der Waals surface area contributed by atoms with Crippen LogP contribution in [0.4, 0.5) is 11.7 Å². The van der Waals surface area contributed by atoms with Crippen molar-refractivity contribution in [3.05, 3.63) is 65.7 Å². The van der Waals surface area contributed by atoms with Gasteiger partial charge in [-0.25, -0.2) is 0 Å². The van der Waals surface area contributed by atoms with E-state index in [1.807, 2.05) is 48.5 Å². The Hall–Kier alpha value is -3.52. The van der Waals surface area contributed by atoms with Crippen molar-refractivity contribution in [1.29, 1.82) is 0 Å². The van der Waals surface area contributed by atoms with Crippen molar-refractivity contribution in [2.24, 2.45) is 0 Å². The maximum atomic E-state index is 5.72. The van der Waals surface area contributed by atoms with E-state index in [0.29, 0.717) is 11.9 Å². The van der Waals surface area contributed by atoms with Crippen molar-refractivity contribution < 1.29 is 9.15 Å². The molecule has 0 radical (unpaired) electrons. The number of anilines is 2. The van der Waals surface area contributed by atoms with Crippen molar-refractivity contribution in [2.75, 3.05) is 12.4 Å². The summed E-state index contributed by atoms with van der Waals surface area (Å²) in [6.07, 6.45) is 7.01. The predicted octanol–water partition coefficient (Wildman–Crippen LogP) is 5.34. The number of hydrogen-bond acceptors (Lipinski definition) is 5. The quantitative estimate of drug-likeness (QED) is 0.627. The van der Waals surface area contributed by atoms with Gasteiger partial charge in [0.05, 0.1) is 7.11 Å². The third kappa shape index (κ3) is 4.41. The van der Waals surface area contributed by atoms with E-state index in [9.17, 15) is 0 Å². The molecule has 5 heteroatoms. The van der Waals surface area contributed by atoms with E-state index in [-0.39, 0.29) is 0 Å². The Labute approximate surface area is 164 Å². The molecule has 1 N–H and O–H groups in total. The zero-order valence-corrected chi connectivity index (χ0v) is 15.7. The molecule has 4 rings (SSSR count). The number of allylic oxidation sites excluding steroid dienone is 2. The summed E-state index contributed by atoms with van der Waals surface area (Å²) in [7, 11) is 1.64. The van der Waals surface area contributed by atoms with Gasteiger partial charge in [-0.2, -0.15) is 0 Å². The van der Waals surface area contributed by atoms with Gasteiger partial charge in [-0.15, -0.1) is 5.10 Å². The second-order valence-corrected chi connectivity index (χ2v) is 6.57. The first-order valence-corrected chi connectivity index (χ1v) is 9.36. The molecular formula is C23H21N3O2. The number of methoxy groups -OCH3 is 1. The van der Waals surface area contributed by atoms with Crippen molar-refractivity contribution in [3.8, 4) is 29.0 Å². The highest BCUT2D eigenvalue weighted by atomic mass is 16.5. The molecule has 0 atom stereocenters. The molecule has 0 saturated heterocycles. The van der Waals surface area contributed by atoms with Gasteiger partial charge in [0.1, 0.15) is 5.75 Å². The fourth-order valence-electron chi connectivity index (χ4n) is 2.99. The Balaban J connectivity index is 1.43. The molecule has 0 saturated carbocycles. The molecule has 1 aliphatic rings. The third-order valence-corrected chi connectivity index (χ3v) is 4.56. The van der Waals surface area contributed by atoms with Crippen LogP contribution in [0.2, 0.25) is 0 Å². The van der Waals surface area contributed by atoms with Gasteiger partial charge in [-0.05, 0) is 79.8 Å². The minimum Gasteiger partial charge on any atom is -0.497 e. The molecule has 2 aromatic carbocycles. The Morgan fingerprint density at radius 1 is 0.964 bits per heavy atom. The van der Waals surface area contributed by atoms with Gasteiger partial charge in [0, 0.05) is 16.8 Å². The highest BCUT2D eigenvalue weighted by Gasteiger charge is 2.09. The van der Waals surface area contributed by atoms with Crippen LogP contribution in [0.25, 0.3) is 11.5 Å². The van der Waals surface area contributed by atoms with Gasteiger partial charge in [-0.1, -0.05) is 23.0 Å². The lowest BCUT2D eigenvalue weighted by Crippen LogP contribution is -1.90. The standard InChI is InChI=1S/C23H21N3O2/c1-27-21-15-13-20(14-16-21)24-23-26-25-22(28-23)19-11-9-18(10-12-19)8-7-17-5-3-2-4-6-17/h5,9-16H,2-4,6H2,1H3,(H,24,26). The summed E-state index contributed by atoms with van der Waals surface area (Å²) in [6, 6.07) is 15.7. The lowest BCUT2D eigenvalue weighted by Gasteiger charge is -2.05. The van der Waals surface area contributed by atoms with Crippen LogP contribution < -0.4 is 10.1 Å². The Morgan fingerprint density at radius 2 is 1.79 bits per heavy atom. The van der Waals surface area contributed by atoms with Gasteiger partial charge in [0.15, 0.2) is 0 Å². The lowest BCUT2D eigenvalue weighted by molar-refractivity contribution is 0.415. The molecule has 3 aromatic rings. The van der Waals surface area contributed by atoms with Crippen LogP contribution >= 0.6 is 0 Å². The number of ether oxygens (including phenoxy) is 1. The molecule has 0 spiro atoms. The van der Waals surface area contributed by atoms with Crippen LogP contribution in [-0.4, -0.2) is 17.3 Å². The van der Waals surface area contributed by atoms with E-state index in [4.69, 9.17) is 9.15 Å². The fraction of sp³-hybridized carbons (Fsp3) is 0.217. The second-order valence-electron chi connectivity index (χ2n) is 6.57. The first kappa shape index (κ1) is 17.9. The smallest absolute Gasteiger partial charge is 0.320 e. The SMILES string of the molecule is COc1ccc(Nc2nnc(-c3ccc(C#CC4=CCCCC4)cc3)o2)cc1. The first-order chi connectivity index (χ1) is 13.8. The highest BCUT2D eigenvalue weighted by molar-refractivity contribution is 5.58. The van der Waals surface area contributed by atoms with E-state index in [1.165, 1.54) is 18.4 Å². The number of nitrogens with one attached hydrogen (secondary N) is 1. The normalized spacial score (nSPS) is 13.2. The maximum absolute atomic E-state index is 5.72. The van der Waals surface area contributed by atoms with E-state index in [0.717, 1.165) is 35.4 Å². The van der Waals surface area contributed by atoms with Crippen LogP contribution in [-0.2, 0) is 0 Å². The minimum atomic E-state index is 0.341. The molecule has 0 unspecified atom stereocenters. The zero-order chi connectivity index (χ0) is 19.2. The molecule has 28 heavy (non-hydrogen) atoms. The molecular weight excluding hydrogens is 350 g/mol. The van der Waals surface area contributed by atoms with Gasteiger partial charge in [0.2, 0.25) is 5.89 Å². The Kier molecular flexibility index (Phi) is 5.39. The van der Waals surface area contributed by atoms with Gasteiger partial charge < -0.3 is 14.5 Å². The van der Waals surface area contributed by atoms with Gasteiger partial charge in [-0.3, -0.25) is 0 Å². The maximum Gasteiger partial charge on any atom is 0.320 e. The average Bonchev–Trinajstić information content (AvgIpc) is 3.22. The van der Waals surface area contributed by atoms with Gasteiger partial charge >= 0.3 is 6.01 Å². The summed E-state index contributed by atoms with van der Waals surface area (Å²) in [4.78, 5) is 0. The average molecular weight is 371 g/mol. The summed E-state index contributed by atoms with van der Waals surface area (Å²) >= 11 is 0. The van der Waals surface area contributed by atoms with Crippen LogP contribution in [0.1, 0.15) is 31.2 Å². The van der Waals surface area contributed by atoms with Crippen LogP contribution in [0, 0.1) is 11.8 Å². The molecule has 0 amide bonds. The summed E-state index contributed by atoms with van der Waals surface area (Å²) in [5, 5.41) is 11.3. The number of rotatable bonds is 4. The number of hydrogen-bond donors (Lipinski definition) is 1. The molecule has 0 aliphatic heterocycles. The topological polar surface area (TPSA) is 60.2 Å². The minimum absolute atomic E-state index is 0.341. The van der Waals surface area contributed by atoms with Gasteiger partial charge in [0.25, 0.3) is 0 Å². The largest absolute Gasteiger partial charge is 0.497 e. The second kappa shape index (κ2) is 8.45. The fourth-order valence-corrected chi connectivity index (χ4v) is 2.99. The highest BCUT2D eigenvalue weighted by Crippen LogP contribution is 2.23. The summed E-state index contributed by atoms with van der Waals surface area (Å²) in [5.74, 6) is 7.77. The third-order valence-electron chi connectivity index (χ3n) is 4.56. The lowest BCUT2D eigenvalue weighted by atomic mass is 10.00. The summed E-state index contributed by atoms with van der Waals surface area (Å²) < 4.78 is 10.9. The molecule has 1 heterocycles. The predicted molar refractivity (Wildman–Crippen MR) is 109 cm³/mol. The van der Waals surface area contributed by atoms with Crippen LogP contribution in [0.5, 0.6) is 5.75 Å². The number of nitrogens with zero attached hydrogens (tertiary/aromatic N) is 2. The molecule has 0 bridgehead atoms. The van der Waals surface area contributed by atoms with Crippen molar-refractivity contribution in [1.82, 2.24) is 10.2 Å². The zero-order valence-electron chi connectivity index (χ0n) is 15.7. The summed E-state index contributed by atoms with van der Waals surface area (Å²) in [6.45, 7) is 0. The molecule has 1 aromatic heterocycles. The van der Waals surface area contributed by atoms with E-state index in [2.05, 4.69) is 33.4 Å².